The van der Waals surface area contributed by atoms with Crippen LogP contribution >= 0.6 is 0 Å². The Morgan fingerprint density at radius 1 is 1.33 bits per heavy atom. The molecule has 0 aromatic carbocycles. The molecule has 0 saturated carbocycles. The molecule has 0 bridgehead atoms. The van der Waals surface area contributed by atoms with Crippen molar-refractivity contribution in [2.24, 2.45) is 0 Å². The number of nitrogens with zero attached hydrogens (tertiary/aromatic N) is 2. The van der Waals surface area contributed by atoms with E-state index in [0.29, 0.717) is 19.0 Å². The molecule has 1 N–H and O–H groups in total. The number of rotatable bonds is 3. The van der Waals surface area contributed by atoms with Crippen molar-refractivity contribution in [1.82, 2.24) is 14.9 Å². The number of hydrogen-bond acceptors (Lipinski definition) is 4. The molecule has 108 valence electrons. The summed E-state index contributed by atoms with van der Waals surface area (Å²) in [5.74, 6) is 0.290. The van der Waals surface area contributed by atoms with Crippen molar-refractivity contribution >= 4 is 5.91 Å². The Morgan fingerprint density at radius 2 is 2.24 bits per heavy atom. The van der Waals surface area contributed by atoms with Gasteiger partial charge in [0.25, 0.3) is 11.5 Å². The summed E-state index contributed by atoms with van der Waals surface area (Å²) in [5.41, 5.74) is -0.201. The number of pyridine rings is 2. The second kappa shape index (κ2) is 5.78. The van der Waals surface area contributed by atoms with E-state index in [-0.39, 0.29) is 23.1 Å². The third-order valence-corrected chi connectivity index (χ3v) is 3.41. The van der Waals surface area contributed by atoms with Gasteiger partial charge in [0, 0.05) is 31.4 Å². The van der Waals surface area contributed by atoms with Gasteiger partial charge in [-0.15, -0.1) is 0 Å². The lowest BCUT2D eigenvalue weighted by atomic mass is 10.2. The van der Waals surface area contributed by atoms with Crippen LogP contribution in [0.5, 0.6) is 5.88 Å². The Bertz CT molecular complexity index is 684. The summed E-state index contributed by atoms with van der Waals surface area (Å²) < 4.78 is 5.73. The van der Waals surface area contributed by atoms with Crippen LogP contribution in [-0.4, -0.2) is 40.0 Å². The highest BCUT2D eigenvalue weighted by molar-refractivity contribution is 5.94. The molecule has 3 heterocycles. The van der Waals surface area contributed by atoms with E-state index in [9.17, 15) is 9.59 Å². The summed E-state index contributed by atoms with van der Waals surface area (Å²) in [6, 6.07) is 8.63. The van der Waals surface area contributed by atoms with Crippen LogP contribution in [0.3, 0.4) is 0 Å². The summed E-state index contributed by atoms with van der Waals surface area (Å²) in [4.78, 5) is 32.2. The molecule has 2 aromatic heterocycles. The van der Waals surface area contributed by atoms with Crippen molar-refractivity contribution in [1.29, 1.82) is 0 Å². The monoisotopic (exact) mass is 285 g/mol. The molecule has 6 heteroatoms. The van der Waals surface area contributed by atoms with Crippen LogP contribution in [0.2, 0.25) is 0 Å². The molecule has 21 heavy (non-hydrogen) atoms. The van der Waals surface area contributed by atoms with Crippen LogP contribution in [-0.2, 0) is 0 Å². The molecule has 1 amide bonds. The van der Waals surface area contributed by atoms with Gasteiger partial charge < -0.3 is 14.6 Å². The SMILES string of the molecule is O=C(c1ccc[nH]c1=O)N1CCC(Oc2ccccn2)C1. The van der Waals surface area contributed by atoms with E-state index in [0.717, 1.165) is 6.42 Å². The molecule has 6 nitrogen and oxygen atoms in total. The van der Waals surface area contributed by atoms with Crippen molar-refractivity contribution < 1.29 is 9.53 Å². The maximum absolute atomic E-state index is 12.3. The third-order valence-electron chi connectivity index (χ3n) is 3.41. The molecular weight excluding hydrogens is 270 g/mol. The quantitative estimate of drug-likeness (QED) is 0.915. The Morgan fingerprint density at radius 3 is 3.00 bits per heavy atom. The van der Waals surface area contributed by atoms with Crippen LogP contribution in [0.1, 0.15) is 16.8 Å². The van der Waals surface area contributed by atoms with E-state index < -0.39 is 0 Å². The van der Waals surface area contributed by atoms with Gasteiger partial charge in [0.2, 0.25) is 5.88 Å². The minimum absolute atomic E-state index is 0.0911. The Balaban J connectivity index is 1.66. The van der Waals surface area contributed by atoms with Gasteiger partial charge in [0.05, 0.1) is 6.54 Å². The first kappa shape index (κ1) is 13.4. The maximum atomic E-state index is 12.3. The number of H-pyrrole nitrogens is 1. The first-order valence-electron chi connectivity index (χ1n) is 6.79. The van der Waals surface area contributed by atoms with Gasteiger partial charge in [-0.25, -0.2) is 4.98 Å². The standard InChI is InChI=1S/C15H15N3O3/c19-14-12(4-3-8-17-14)15(20)18-9-6-11(10-18)21-13-5-1-2-7-16-13/h1-5,7-8,11H,6,9-10H2,(H,17,19). The summed E-state index contributed by atoms with van der Waals surface area (Å²) in [6.45, 7) is 1.04. The number of aromatic nitrogens is 2. The molecule has 1 aliphatic heterocycles. The van der Waals surface area contributed by atoms with Crippen molar-refractivity contribution in [2.75, 3.05) is 13.1 Å². The largest absolute Gasteiger partial charge is 0.472 e. The van der Waals surface area contributed by atoms with Crippen molar-refractivity contribution in [2.45, 2.75) is 12.5 Å². The molecule has 2 aromatic rings. The van der Waals surface area contributed by atoms with E-state index >= 15 is 0 Å². The molecule has 1 saturated heterocycles. The topological polar surface area (TPSA) is 75.3 Å². The van der Waals surface area contributed by atoms with Crippen molar-refractivity contribution in [3.05, 3.63) is 58.6 Å². The minimum atomic E-state index is -0.364. The molecule has 3 rings (SSSR count). The predicted octanol–water partition coefficient (Wildman–Crippen LogP) is 1.06. The zero-order valence-electron chi connectivity index (χ0n) is 11.4. The highest BCUT2D eigenvalue weighted by Gasteiger charge is 2.29. The Kier molecular flexibility index (Phi) is 3.68. The van der Waals surface area contributed by atoms with Gasteiger partial charge in [-0.3, -0.25) is 9.59 Å². The lowest BCUT2D eigenvalue weighted by Crippen LogP contribution is -2.34. The van der Waals surface area contributed by atoms with Crippen LogP contribution < -0.4 is 10.3 Å². The van der Waals surface area contributed by atoms with Crippen LogP contribution in [0, 0.1) is 0 Å². The highest BCUT2D eigenvalue weighted by atomic mass is 16.5. The second-order valence-corrected chi connectivity index (χ2v) is 4.86. The number of hydrogen-bond donors (Lipinski definition) is 1. The van der Waals surface area contributed by atoms with Crippen LogP contribution in [0.15, 0.2) is 47.5 Å². The predicted molar refractivity (Wildman–Crippen MR) is 76.2 cm³/mol. The average molecular weight is 285 g/mol. The number of amides is 1. The average Bonchev–Trinajstić information content (AvgIpc) is 2.97. The summed E-state index contributed by atoms with van der Waals surface area (Å²) in [6.07, 6.45) is 3.81. The maximum Gasteiger partial charge on any atom is 0.260 e. The van der Waals surface area contributed by atoms with Gasteiger partial charge in [-0.1, -0.05) is 6.07 Å². The van der Waals surface area contributed by atoms with E-state index in [4.69, 9.17) is 4.74 Å². The second-order valence-electron chi connectivity index (χ2n) is 4.86. The Labute approximate surface area is 121 Å². The zero-order chi connectivity index (χ0) is 14.7. The summed E-state index contributed by atoms with van der Waals surface area (Å²) >= 11 is 0. The number of ether oxygens (including phenoxy) is 1. The van der Waals surface area contributed by atoms with Gasteiger partial charge in [-0.05, 0) is 18.2 Å². The smallest absolute Gasteiger partial charge is 0.260 e. The van der Waals surface area contributed by atoms with Crippen molar-refractivity contribution in [3.63, 3.8) is 0 Å². The first-order chi connectivity index (χ1) is 10.2. The van der Waals surface area contributed by atoms with Crippen LogP contribution in [0.4, 0.5) is 0 Å². The third kappa shape index (κ3) is 2.94. The number of likely N-dealkylation sites (tertiary alicyclic amines) is 1. The molecule has 0 aliphatic carbocycles. The number of carbonyl (C=O) groups is 1. The number of carbonyl (C=O) groups excluding carboxylic acids is 1. The molecule has 1 atom stereocenters. The van der Waals surface area contributed by atoms with Gasteiger partial charge in [0.15, 0.2) is 0 Å². The first-order valence-corrected chi connectivity index (χ1v) is 6.79. The fraction of sp³-hybridized carbons (Fsp3) is 0.267. The molecule has 1 fully saturated rings. The van der Waals surface area contributed by atoms with Crippen LogP contribution in [0.25, 0.3) is 0 Å². The van der Waals surface area contributed by atoms with Gasteiger partial charge in [0.1, 0.15) is 11.7 Å². The zero-order valence-corrected chi connectivity index (χ0v) is 11.4. The van der Waals surface area contributed by atoms with Gasteiger partial charge in [-0.2, -0.15) is 0 Å². The minimum Gasteiger partial charge on any atom is -0.472 e. The number of aromatic amines is 1. The van der Waals surface area contributed by atoms with Crippen molar-refractivity contribution in [3.8, 4) is 5.88 Å². The fourth-order valence-electron chi connectivity index (χ4n) is 2.36. The summed E-state index contributed by atoms with van der Waals surface area (Å²) in [7, 11) is 0. The van der Waals surface area contributed by atoms with E-state index in [1.165, 1.54) is 12.3 Å². The lowest BCUT2D eigenvalue weighted by Gasteiger charge is -2.16. The molecule has 0 radical (unpaired) electrons. The normalized spacial score (nSPS) is 17.7. The molecule has 1 aliphatic rings. The van der Waals surface area contributed by atoms with E-state index in [1.807, 2.05) is 12.1 Å². The summed E-state index contributed by atoms with van der Waals surface area (Å²) in [5, 5.41) is 0. The molecular formula is C15H15N3O3. The number of nitrogens with one attached hydrogen (secondary N) is 1. The lowest BCUT2D eigenvalue weighted by molar-refractivity contribution is 0.0769. The van der Waals surface area contributed by atoms with E-state index in [2.05, 4.69) is 9.97 Å². The van der Waals surface area contributed by atoms with Gasteiger partial charge >= 0.3 is 0 Å². The highest BCUT2D eigenvalue weighted by Crippen LogP contribution is 2.17. The molecule has 1 unspecified atom stereocenters. The fourth-order valence-corrected chi connectivity index (χ4v) is 2.36. The Hall–Kier alpha value is -2.63. The molecule has 0 spiro atoms. The van der Waals surface area contributed by atoms with E-state index in [1.54, 1.807) is 23.2 Å².